The Morgan fingerprint density at radius 3 is 3.15 bits per heavy atom. The van der Waals surface area contributed by atoms with Gasteiger partial charge in [0, 0.05) is 4.88 Å². The Hall–Kier alpha value is -1.81. The van der Waals surface area contributed by atoms with E-state index in [1.807, 2.05) is 11.3 Å². The van der Waals surface area contributed by atoms with Gasteiger partial charge in [-0.3, -0.25) is 0 Å². The van der Waals surface area contributed by atoms with Gasteiger partial charge in [0.25, 0.3) is 0 Å². The van der Waals surface area contributed by atoms with Crippen molar-refractivity contribution < 1.29 is 0 Å². The van der Waals surface area contributed by atoms with Crippen molar-refractivity contribution in [3.63, 3.8) is 0 Å². The maximum absolute atomic E-state index is 6.22. The number of thiophene rings is 1. The Labute approximate surface area is 122 Å². The minimum absolute atomic E-state index is 0.344. The van der Waals surface area contributed by atoms with Crippen LogP contribution in [-0.4, -0.2) is 9.55 Å². The molecule has 1 unspecified atom stereocenters. The van der Waals surface area contributed by atoms with Gasteiger partial charge >= 0.3 is 0 Å². The molecule has 0 saturated heterocycles. The van der Waals surface area contributed by atoms with E-state index in [1.54, 1.807) is 0 Å². The Kier molecular flexibility index (Phi) is 2.60. The molecule has 2 heterocycles. The van der Waals surface area contributed by atoms with Crippen molar-refractivity contribution in [3.8, 4) is 0 Å². The number of hydrogen-bond donors (Lipinski definition) is 1. The Balaban J connectivity index is 1.96. The van der Waals surface area contributed by atoms with Gasteiger partial charge in [0.1, 0.15) is 0 Å². The fourth-order valence-corrected chi connectivity index (χ4v) is 4.26. The zero-order valence-corrected chi connectivity index (χ0v) is 12.3. The van der Waals surface area contributed by atoms with E-state index in [4.69, 9.17) is 5.73 Å². The summed E-state index contributed by atoms with van der Waals surface area (Å²) in [5, 5.41) is 2.20. The van der Waals surface area contributed by atoms with Crippen LogP contribution in [0, 0.1) is 6.92 Å². The van der Waals surface area contributed by atoms with E-state index in [0.29, 0.717) is 12.0 Å². The minimum atomic E-state index is 0.344. The van der Waals surface area contributed by atoms with E-state index in [2.05, 4.69) is 46.1 Å². The molecule has 3 aromatic rings. The maximum atomic E-state index is 6.22. The molecule has 1 aliphatic rings. The Bertz CT molecular complexity index is 784. The second-order valence-electron chi connectivity index (χ2n) is 5.54. The monoisotopic (exact) mass is 283 g/mol. The van der Waals surface area contributed by atoms with Gasteiger partial charge in [-0.1, -0.05) is 6.07 Å². The van der Waals surface area contributed by atoms with Crippen molar-refractivity contribution in [3.05, 3.63) is 45.6 Å². The smallest absolute Gasteiger partial charge is 0.201 e. The van der Waals surface area contributed by atoms with Crippen LogP contribution in [0.25, 0.3) is 11.0 Å². The lowest BCUT2D eigenvalue weighted by atomic mass is 9.93. The van der Waals surface area contributed by atoms with E-state index in [9.17, 15) is 0 Å². The summed E-state index contributed by atoms with van der Waals surface area (Å²) in [6.45, 7) is 2.11. The standard InChI is InChI=1S/C16H17N3S/c1-10-5-6-12-14(9-10)19(16(17)18-12)13-3-2-4-15-11(13)7-8-20-15/h5-9,13H,2-4H2,1H3,(H2,17,18). The van der Waals surface area contributed by atoms with Crippen LogP contribution in [-0.2, 0) is 6.42 Å². The number of hydrogen-bond acceptors (Lipinski definition) is 3. The molecule has 2 N–H and O–H groups in total. The average molecular weight is 283 g/mol. The number of imidazole rings is 1. The van der Waals surface area contributed by atoms with Crippen LogP contribution in [0.2, 0.25) is 0 Å². The highest BCUT2D eigenvalue weighted by molar-refractivity contribution is 7.10. The molecule has 0 spiro atoms. The zero-order valence-electron chi connectivity index (χ0n) is 11.5. The zero-order chi connectivity index (χ0) is 13.7. The van der Waals surface area contributed by atoms with Gasteiger partial charge in [-0.25, -0.2) is 4.98 Å². The number of nitrogens with zero attached hydrogens (tertiary/aromatic N) is 2. The normalized spacial score (nSPS) is 18.4. The third-order valence-corrected chi connectivity index (χ3v) is 5.20. The number of nitrogen functional groups attached to an aromatic ring is 1. The number of anilines is 1. The third-order valence-electron chi connectivity index (χ3n) is 4.20. The second kappa shape index (κ2) is 4.35. The van der Waals surface area contributed by atoms with Crippen LogP contribution in [0.15, 0.2) is 29.6 Å². The number of fused-ring (bicyclic) bond motifs is 2. The minimum Gasteiger partial charge on any atom is -0.369 e. The first-order valence-electron chi connectivity index (χ1n) is 7.04. The molecule has 2 aromatic heterocycles. The van der Waals surface area contributed by atoms with Gasteiger partial charge in [0.2, 0.25) is 5.95 Å². The number of aromatic nitrogens is 2. The molecule has 0 saturated carbocycles. The first-order chi connectivity index (χ1) is 9.74. The summed E-state index contributed by atoms with van der Waals surface area (Å²) in [6.07, 6.45) is 3.57. The molecular formula is C16H17N3S. The van der Waals surface area contributed by atoms with Gasteiger partial charge in [0.05, 0.1) is 17.1 Å². The highest BCUT2D eigenvalue weighted by atomic mass is 32.1. The summed E-state index contributed by atoms with van der Waals surface area (Å²) in [7, 11) is 0. The van der Waals surface area contributed by atoms with E-state index in [0.717, 1.165) is 17.5 Å². The Morgan fingerprint density at radius 2 is 2.25 bits per heavy atom. The molecule has 4 heteroatoms. The lowest BCUT2D eigenvalue weighted by Gasteiger charge is -2.25. The second-order valence-corrected chi connectivity index (χ2v) is 6.54. The van der Waals surface area contributed by atoms with Crippen LogP contribution in [0.4, 0.5) is 5.95 Å². The van der Waals surface area contributed by atoms with Crippen LogP contribution in [0.1, 0.15) is 34.9 Å². The molecule has 1 atom stereocenters. The summed E-state index contributed by atoms with van der Waals surface area (Å²) in [4.78, 5) is 6.04. The highest BCUT2D eigenvalue weighted by Crippen LogP contribution is 2.39. The van der Waals surface area contributed by atoms with Gasteiger partial charge in [0.15, 0.2) is 0 Å². The van der Waals surface area contributed by atoms with E-state index in [1.165, 1.54) is 28.8 Å². The van der Waals surface area contributed by atoms with Crippen molar-refractivity contribution in [1.82, 2.24) is 9.55 Å². The van der Waals surface area contributed by atoms with E-state index >= 15 is 0 Å². The average Bonchev–Trinajstić information content (AvgIpc) is 3.02. The van der Waals surface area contributed by atoms with Crippen molar-refractivity contribution in [2.75, 3.05) is 5.73 Å². The predicted octanol–water partition coefficient (Wildman–Crippen LogP) is 3.91. The van der Waals surface area contributed by atoms with Crippen molar-refractivity contribution >= 4 is 28.3 Å². The lowest BCUT2D eigenvalue weighted by molar-refractivity contribution is 0.510. The molecule has 20 heavy (non-hydrogen) atoms. The molecule has 0 amide bonds. The van der Waals surface area contributed by atoms with Gasteiger partial charge in [-0.15, -0.1) is 11.3 Å². The number of nitrogens with two attached hydrogens (primary N) is 1. The van der Waals surface area contributed by atoms with Crippen LogP contribution >= 0.6 is 11.3 Å². The van der Waals surface area contributed by atoms with Crippen LogP contribution in [0.5, 0.6) is 0 Å². The van der Waals surface area contributed by atoms with Gasteiger partial charge in [-0.2, -0.15) is 0 Å². The summed E-state index contributed by atoms with van der Waals surface area (Å²) in [6, 6.07) is 8.95. The van der Waals surface area contributed by atoms with Crippen molar-refractivity contribution in [1.29, 1.82) is 0 Å². The van der Waals surface area contributed by atoms with Gasteiger partial charge < -0.3 is 10.3 Å². The maximum Gasteiger partial charge on any atom is 0.201 e. The topological polar surface area (TPSA) is 43.8 Å². The van der Waals surface area contributed by atoms with E-state index in [-0.39, 0.29) is 0 Å². The summed E-state index contributed by atoms with van der Waals surface area (Å²) < 4.78 is 2.23. The summed E-state index contributed by atoms with van der Waals surface area (Å²) in [5.41, 5.74) is 11.1. The SMILES string of the molecule is Cc1ccc2nc(N)n(C3CCCc4sccc43)c2c1. The largest absolute Gasteiger partial charge is 0.369 e. The Morgan fingerprint density at radius 1 is 1.35 bits per heavy atom. The number of aryl methyl sites for hydroxylation is 2. The lowest BCUT2D eigenvalue weighted by Crippen LogP contribution is -2.17. The first kappa shape index (κ1) is 12.0. The molecule has 0 aliphatic heterocycles. The summed E-state index contributed by atoms with van der Waals surface area (Å²) in [5.74, 6) is 0.634. The molecule has 0 fully saturated rings. The quantitative estimate of drug-likeness (QED) is 0.735. The first-order valence-corrected chi connectivity index (χ1v) is 7.92. The molecule has 1 aromatic carbocycles. The molecule has 102 valence electrons. The van der Waals surface area contributed by atoms with Crippen molar-refractivity contribution in [2.24, 2.45) is 0 Å². The van der Waals surface area contributed by atoms with Crippen molar-refractivity contribution in [2.45, 2.75) is 32.2 Å². The third kappa shape index (κ3) is 1.68. The van der Waals surface area contributed by atoms with E-state index < -0.39 is 0 Å². The number of benzene rings is 1. The fourth-order valence-electron chi connectivity index (χ4n) is 3.28. The fraction of sp³-hybridized carbons (Fsp3) is 0.312. The molecule has 0 bridgehead atoms. The molecule has 4 rings (SSSR count). The molecule has 3 nitrogen and oxygen atoms in total. The highest BCUT2D eigenvalue weighted by Gasteiger charge is 2.25. The molecule has 1 aliphatic carbocycles. The summed E-state index contributed by atoms with van der Waals surface area (Å²) >= 11 is 1.87. The molecule has 0 radical (unpaired) electrons. The number of rotatable bonds is 1. The van der Waals surface area contributed by atoms with Crippen LogP contribution in [0.3, 0.4) is 0 Å². The molecular weight excluding hydrogens is 266 g/mol. The van der Waals surface area contributed by atoms with Gasteiger partial charge in [-0.05, 0) is 60.9 Å². The van der Waals surface area contributed by atoms with Crippen LogP contribution < -0.4 is 5.73 Å². The predicted molar refractivity (Wildman–Crippen MR) is 84.3 cm³/mol.